The third-order valence-corrected chi connectivity index (χ3v) is 6.49. The van der Waals surface area contributed by atoms with Gasteiger partial charge in [-0.1, -0.05) is 54.6 Å². The number of benzene rings is 4. The smallest absolute Gasteiger partial charge is 0.255 e. The Morgan fingerprint density at radius 3 is 2.46 bits per heavy atom. The van der Waals surface area contributed by atoms with Crippen LogP contribution in [0, 0.1) is 4.91 Å². The molecule has 4 aromatic carbocycles. The van der Waals surface area contributed by atoms with Gasteiger partial charge >= 0.3 is 0 Å². The van der Waals surface area contributed by atoms with Crippen molar-refractivity contribution in [1.82, 2.24) is 14.9 Å². The summed E-state index contributed by atoms with van der Waals surface area (Å²) in [5.41, 5.74) is 12.6. The molecule has 35 heavy (non-hydrogen) atoms. The van der Waals surface area contributed by atoms with Crippen molar-refractivity contribution >= 4 is 28.3 Å². The highest BCUT2D eigenvalue weighted by Crippen LogP contribution is 2.40. The summed E-state index contributed by atoms with van der Waals surface area (Å²) in [7, 11) is 0. The van der Waals surface area contributed by atoms with Crippen LogP contribution in [0.15, 0.2) is 96.2 Å². The van der Waals surface area contributed by atoms with E-state index in [1.54, 1.807) is 17.0 Å². The number of anilines is 1. The molecule has 1 atom stereocenters. The lowest BCUT2D eigenvalue weighted by Gasteiger charge is -2.27. The van der Waals surface area contributed by atoms with Crippen molar-refractivity contribution in [3.05, 3.63) is 118 Å². The van der Waals surface area contributed by atoms with E-state index in [0.717, 1.165) is 27.7 Å². The van der Waals surface area contributed by atoms with Gasteiger partial charge in [0.1, 0.15) is 17.6 Å². The van der Waals surface area contributed by atoms with Gasteiger partial charge in [-0.2, -0.15) is 0 Å². The molecular weight excluding hydrogens is 438 g/mol. The summed E-state index contributed by atoms with van der Waals surface area (Å²) in [5, 5.41) is 3.24. The van der Waals surface area contributed by atoms with Gasteiger partial charge in [0, 0.05) is 23.4 Å². The van der Waals surface area contributed by atoms with E-state index in [2.05, 4.69) is 10.2 Å². The molecule has 1 aromatic heterocycles. The van der Waals surface area contributed by atoms with Crippen molar-refractivity contribution in [2.75, 3.05) is 5.73 Å². The van der Waals surface area contributed by atoms with Gasteiger partial charge in [0.2, 0.25) is 0 Å². The number of nitrogens with one attached hydrogen (secondary N) is 1. The number of nitrogens with two attached hydrogens (primary N) is 1. The highest BCUT2D eigenvalue weighted by molar-refractivity contribution is 6.00. The molecule has 0 saturated carbocycles. The van der Waals surface area contributed by atoms with Crippen LogP contribution in [0.25, 0.3) is 22.2 Å². The lowest BCUT2D eigenvalue weighted by Crippen LogP contribution is -2.30. The van der Waals surface area contributed by atoms with E-state index >= 15 is 0 Å². The standard InChI is InChI=1S/C28H21N5O2/c29-20-13-11-17(12-14-20)18-9-10-19-16-33(28(34)22(19)15-18)26(21-5-1-2-6-23(21)32-35)27-30-24-7-3-4-8-25(24)31-27/h1-15,26H,16,29H2,(H,30,31). The number of nitrogen functional groups attached to an aromatic ring is 1. The summed E-state index contributed by atoms with van der Waals surface area (Å²) >= 11 is 0. The molecule has 0 spiro atoms. The first-order valence-electron chi connectivity index (χ1n) is 11.3. The molecule has 7 nitrogen and oxygen atoms in total. The Labute approximate surface area is 201 Å². The Kier molecular flexibility index (Phi) is 4.88. The summed E-state index contributed by atoms with van der Waals surface area (Å²) in [5.74, 6) is 0.464. The van der Waals surface area contributed by atoms with Crippen molar-refractivity contribution < 1.29 is 4.79 Å². The average molecular weight is 460 g/mol. The van der Waals surface area contributed by atoms with Gasteiger partial charge in [-0.25, -0.2) is 4.98 Å². The molecular formula is C28H21N5O2. The Hall–Kier alpha value is -4.78. The van der Waals surface area contributed by atoms with E-state index < -0.39 is 6.04 Å². The lowest BCUT2D eigenvalue weighted by molar-refractivity contribution is 0.0726. The molecule has 5 aromatic rings. The van der Waals surface area contributed by atoms with Gasteiger partial charge in [-0.3, -0.25) is 4.79 Å². The second-order valence-electron chi connectivity index (χ2n) is 8.62. The zero-order chi connectivity index (χ0) is 23.9. The number of imidazole rings is 1. The number of fused-ring (bicyclic) bond motifs is 2. The maximum atomic E-state index is 13.8. The van der Waals surface area contributed by atoms with Crippen LogP contribution in [0.4, 0.5) is 11.4 Å². The normalized spacial score (nSPS) is 13.7. The number of nitrogens with zero attached hydrogens (tertiary/aromatic N) is 3. The Bertz CT molecular complexity index is 1560. The van der Waals surface area contributed by atoms with Crippen molar-refractivity contribution in [2.24, 2.45) is 5.18 Å². The molecule has 1 aliphatic heterocycles. The summed E-state index contributed by atoms with van der Waals surface area (Å²) in [6.07, 6.45) is 0. The fourth-order valence-corrected chi connectivity index (χ4v) is 4.75. The number of aromatic nitrogens is 2. The molecule has 1 aliphatic rings. The van der Waals surface area contributed by atoms with Crippen molar-refractivity contribution in [1.29, 1.82) is 0 Å². The molecule has 170 valence electrons. The minimum absolute atomic E-state index is 0.122. The van der Waals surface area contributed by atoms with Gasteiger partial charge in [-0.05, 0) is 58.3 Å². The van der Waals surface area contributed by atoms with E-state index in [9.17, 15) is 9.70 Å². The molecule has 1 unspecified atom stereocenters. The number of rotatable bonds is 5. The Morgan fingerprint density at radius 2 is 1.66 bits per heavy atom. The minimum Gasteiger partial charge on any atom is -0.399 e. The molecule has 0 radical (unpaired) electrons. The van der Waals surface area contributed by atoms with E-state index in [0.29, 0.717) is 29.2 Å². The largest absolute Gasteiger partial charge is 0.399 e. The van der Waals surface area contributed by atoms with Crippen LogP contribution in [0.3, 0.4) is 0 Å². The molecule has 0 fully saturated rings. The van der Waals surface area contributed by atoms with E-state index in [1.807, 2.05) is 78.9 Å². The van der Waals surface area contributed by atoms with Crippen LogP contribution in [-0.2, 0) is 6.54 Å². The highest BCUT2D eigenvalue weighted by atomic mass is 16.3. The molecule has 3 N–H and O–H groups in total. The molecule has 1 amide bonds. The first-order chi connectivity index (χ1) is 17.1. The fraction of sp³-hybridized carbons (Fsp3) is 0.0714. The van der Waals surface area contributed by atoms with Crippen molar-refractivity contribution in [3.8, 4) is 11.1 Å². The number of nitroso groups, excluding NO2 is 1. The highest BCUT2D eigenvalue weighted by Gasteiger charge is 2.37. The van der Waals surface area contributed by atoms with E-state index in [-0.39, 0.29) is 11.6 Å². The van der Waals surface area contributed by atoms with E-state index in [4.69, 9.17) is 10.7 Å². The molecule has 0 aliphatic carbocycles. The third kappa shape index (κ3) is 3.54. The van der Waals surface area contributed by atoms with Crippen LogP contribution in [0.1, 0.15) is 33.4 Å². The second kappa shape index (κ2) is 8.22. The molecule has 0 saturated heterocycles. The number of carbonyl (C=O) groups excluding carboxylic acids is 1. The van der Waals surface area contributed by atoms with E-state index in [1.165, 1.54) is 0 Å². The third-order valence-electron chi connectivity index (χ3n) is 6.49. The van der Waals surface area contributed by atoms with Crippen LogP contribution >= 0.6 is 0 Å². The second-order valence-corrected chi connectivity index (χ2v) is 8.62. The molecule has 2 heterocycles. The Balaban J connectivity index is 1.46. The number of hydrogen-bond acceptors (Lipinski definition) is 5. The topological polar surface area (TPSA) is 104 Å². The van der Waals surface area contributed by atoms with Crippen LogP contribution in [-0.4, -0.2) is 20.8 Å². The lowest BCUT2D eigenvalue weighted by atomic mass is 10.0. The van der Waals surface area contributed by atoms with Crippen LogP contribution < -0.4 is 5.73 Å². The SMILES string of the molecule is Nc1ccc(-c2ccc3c(c2)C(=O)N(C(c2nc4ccccc4[nH]2)c2ccccc2N=O)C3)cc1. The summed E-state index contributed by atoms with van der Waals surface area (Å²) in [6.45, 7) is 0.394. The first-order valence-corrected chi connectivity index (χ1v) is 11.3. The van der Waals surface area contributed by atoms with Crippen molar-refractivity contribution in [3.63, 3.8) is 0 Å². The minimum atomic E-state index is -0.601. The number of aromatic amines is 1. The maximum Gasteiger partial charge on any atom is 0.255 e. The maximum absolute atomic E-state index is 13.8. The number of amides is 1. The quantitative estimate of drug-likeness (QED) is 0.250. The number of H-pyrrole nitrogens is 1. The predicted octanol–water partition coefficient (Wildman–Crippen LogP) is 5.96. The monoisotopic (exact) mass is 459 g/mol. The summed E-state index contributed by atoms with van der Waals surface area (Å²) < 4.78 is 0. The zero-order valence-corrected chi connectivity index (χ0v) is 18.7. The summed E-state index contributed by atoms with van der Waals surface area (Å²) in [4.78, 5) is 35.4. The van der Waals surface area contributed by atoms with Gasteiger partial charge in [-0.15, -0.1) is 4.91 Å². The number of hydrogen-bond donors (Lipinski definition) is 2. The molecule has 7 heteroatoms. The number of carbonyl (C=O) groups is 1. The zero-order valence-electron chi connectivity index (χ0n) is 18.7. The van der Waals surface area contributed by atoms with Crippen molar-refractivity contribution in [2.45, 2.75) is 12.6 Å². The van der Waals surface area contributed by atoms with Crippen LogP contribution in [0.2, 0.25) is 0 Å². The first kappa shape index (κ1) is 20.8. The van der Waals surface area contributed by atoms with Gasteiger partial charge in [0.25, 0.3) is 5.91 Å². The summed E-state index contributed by atoms with van der Waals surface area (Å²) in [6, 6.07) is 27.7. The average Bonchev–Trinajstić information content (AvgIpc) is 3.46. The van der Waals surface area contributed by atoms with Gasteiger partial charge in [0.05, 0.1) is 11.0 Å². The number of para-hydroxylation sites is 2. The predicted molar refractivity (Wildman–Crippen MR) is 136 cm³/mol. The fourth-order valence-electron chi connectivity index (χ4n) is 4.75. The molecule has 0 bridgehead atoms. The van der Waals surface area contributed by atoms with Gasteiger partial charge in [0.15, 0.2) is 0 Å². The van der Waals surface area contributed by atoms with Gasteiger partial charge < -0.3 is 15.6 Å². The van der Waals surface area contributed by atoms with Crippen LogP contribution in [0.5, 0.6) is 0 Å². The molecule has 6 rings (SSSR count). The Morgan fingerprint density at radius 1 is 0.914 bits per heavy atom.